The molecule has 2 nitrogen and oxygen atoms in total. The van der Waals surface area contributed by atoms with Crippen molar-refractivity contribution in [1.82, 2.24) is 0 Å². The van der Waals surface area contributed by atoms with Crippen LogP contribution in [0.4, 0.5) is 4.39 Å². The highest BCUT2D eigenvalue weighted by Gasteiger charge is 2.15. The number of Topliss-reactive ketones (excluding diaryl/α,β-unsaturated/α-hetero) is 1. The van der Waals surface area contributed by atoms with Crippen molar-refractivity contribution in [2.45, 2.75) is 6.42 Å². The summed E-state index contributed by atoms with van der Waals surface area (Å²) in [6.07, 6.45) is 0.0309. The van der Waals surface area contributed by atoms with Crippen molar-refractivity contribution in [2.75, 3.05) is 7.11 Å². The number of carbonyl (C=O) groups is 1. The summed E-state index contributed by atoms with van der Waals surface area (Å²) in [4.78, 5) is 12.2. The third kappa shape index (κ3) is 3.32. The minimum atomic E-state index is -0.361. The van der Waals surface area contributed by atoms with Crippen LogP contribution in [0.15, 0.2) is 42.5 Å². The van der Waals surface area contributed by atoms with E-state index in [9.17, 15) is 9.18 Å². The second-order valence-corrected chi connectivity index (χ2v) is 5.28. The van der Waals surface area contributed by atoms with Gasteiger partial charge in [-0.1, -0.05) is 18.2 Å². The largest absolute Gasteiger partial charge is 0.496 e. The molecule has 4 heteroatoms. The molecule has 0 saturated heterocycles. The zero-order valence-corrected chi connectivity index (χ0v) is 12.5. The molecule has 0 unspecified atom stereocenters. The molecule has 0 N–H and O–H groups in total. The lowest BCUT2D eigenvalue weighted by molar-refractivity contribution is 0.0989. The number of halogens is 2. The topological polar surface area (TPSA) is 26.3 Å². The molecular formula is C15H12FIO2. The minimum absolute atomic E-state index is 0.0309. The first-order valence-corrected chi connectivity index (χ1v) is 6.80. The number of ether oxygens (including phenoxy) is 1. The van der Waals surface area contributed by atoms with Crippen molar-refractivity contribution in [3.05, 3.63) is 63.0 Å². The van der Waals surface area contributed by atoms with Gasteiger partial charge in [0, 0.05) is 9.99 Å². The molecule has 0 radical (unpaired) electrons. The van der Waals surface area contributed by atoms with Crippen molar-refractivity contribution >= 4 is 28.4 Å². The van der Waals surface area contributed by atoms with E-state index >= 15 is 0 Å². The molecule has 19 heavy (non-hydrogen) atoms. The molecule has 0 fully saturated rings. The maximum Gasteiger partial charge on any atom is 0.171 e. The van der Waals surface area contributed by atoms with Crippen molar-refractivity contribution in [1.29, 1.82) is 0 Å². The van der Waals surface area contributed by atoms with E-state index in [0.29, 0.717) is 16.9 Å². The van der Waals surface area contributed by atoms with Crippen LogP contribution in [0.25, 0.3) is 0 Å². The van der Waals surface area contributed by atoms with Gasteiger partial charge in [-0.3, -0.25) is 4.79 Å². The molecule has 0 aliphatic carbocycles. The molecule has 0 heterocycles. The summed E-state index contributed by atoms with van der Waals surface area (Å²) in [5.41, 5.74) is 0.881. The zero-order valence-electron chi connectivity index (χ0n) is 10.3. The molecule has 2 aromatic rings. The van der Waals surface area contributed by atoms with E-state index in [-0.39, 0.29) is 18.0 Å². The predicted molar refractivity (Wildman–Crippen MR) is 80.1 cm³/mol. The smallest absolute Gasteiger partial charge is 0.171 e. The van der Waals surface area contributed by atoms with Gasteiger partial charge in [-0.25, -0.2) is 4.39 Å². The molecule has 0 spiro atoms. The van der Waals surface area contributed by atoms with Crippen molar-refractivity contribution in [3.63, 3.8) is 0 Å². The van der Waals surface area contributed by atoms with E-state index in [1.165, 1.54) is 13.2 Å². The van der Waals surface area contributed by atoms with Crippen LogP contribution in [-0.2, 0) is 6.42 Å². The van der Waals surface area contributed by atoms with Gasteiger partial charge in [0.05, 0.1) is 12.7 Å². The normalized spacial score (nSPS) is 10.3. The molecule has 2 rings (SSSR count). The average Bonchev–Trinajstić information content (AvgIpc) is 2.41. The average molecular weight is 370 g/mol. The summed E-state index contributed by atoms with van der Waals surface area (Å²) in [5.74, 6) is 0.00247. The maximum absolute atomic E-state index is 13.5. The quantitative estimate of drug-likeness (QED) is 0.604. The Morgan fingerprint density at radius 2 is 2.00 bits per heavy atom. The van der Waals surface area contributed by atoms with Crippen LogP contribution in [-0.4, -0.2) is 12.9 Å². The molecule has 0 bridgehead atoms. The van der Waals surface area contributed by atoms with Gasteiger partial charge in [-0.2, -0.15) is 0 Å². The highest BCUT2D eigenvalue weighted by Crippen LogP contribution is 2.23. The second kappa shape index (κ2) is 6.14. The molecule has 0 atom stereocenters. The minimum Gasteiger partial charge on any atom is -0.496 e. The number of hydrogen-bond donors (Lipinski definition) is 0. The lowest BCUT2D eigenvalue weighted by Crippen LogP contribution is -2.07. The molecule has 0 amide bonds. The summed E-state index contributed by atoms with van der Waals surface area (Å²) >= 11 is 2.13. The summed E-state index contributed by atoms with van der Waals surface area (Å²) < 4.78 is 19.7. The SMILES string of the molecule is COc1ccc(I)cc1C(=O)Cc1ccccc1F. The van der Waals surface area contributed by atoms with Gasteiger partial charge in [-0.15, -0.1) is 0 Å². The third-order valence-corrected chi connectivity index (χ3v) is 3.44. The predicted octanol–water partition coefficient (Wildman–Crippen LogP) is 3.86. The summed E-state index contributed by atoms with van der Waals surface area (Å²) in [7, 11) is 1.52. The van der Waals surface area contributed by atoms with Crippen LogP contribution in [0.2, 0.25) is 0 Å². The Hall–Kier alpha value is -1.43. The zero-order chi connectivity index (χ0) is 13.8. The van der Waals surface area contributed by atoms with Gasteiger partial charge in [0.15, 0.2) is 5.78 Å². The molecular weight excluding hydrogens is 358 g/mol. The van der Waals surface area contributed by atoms with E-state index in [2.05, 4.69) is 22.6 Å². The van der Waals surface area contributed by atoms with Crippen molar-refractivity contribution < 1.29 is 13.9 Å². The molecule has 98 valence electrons. The Morgan fingerprint density at radius 3 is 2.68 bits per heavy atom. The first-order chi connectivity index (χ1) is 9.11. The fourth-order valence-electron chi connectivity index (χ4n) is 1.81. The number of carbonyl (C=O) groups excluding carboxylic acids is 1. The second-order valence-electron chi connectivity index (χ2n) is 4.04. The number of methoxy groups -OCH3 is 1. The van der Waals surface area contributed by atoms with Crippen molar-refractivity contribution in [3.8, 4) is 5.75 Å². The fraction of sp³-hybridized carbons (Fsp3) is 0.133. The van der Waals surface area contributed by atoms with Crippen LogP contribution >= 0.6 is 22.6 Å². The Balaban J connectivity index is 2.30. The molecule has 0 aromatic heterocycles. The molecule has 2 aromatic carbocycles. The summed E-state index contributed by atoms with van der Waals surface area (Å²) in [6, 6.07) is 11.7. The molecule has 0 aliphatic heterocycles. The lowest BCUT2D eigenvalue weighted by Gasteiger charge is -2.08. The number of rotatable bonds is 4. The van der Waals surface area contributed by atoms with Gasteiger partial charge in [0.25, 0.3) is 0 Å². The lowest BCUT2D eigenvalue weighted by atomic mass is 10.0. The van der Waals surface area contributed by atoms with Gasteiger partial charge in [-0.05, 0) is 52.4 Å². The van der Waals surface area contributed by atoms with Crippen LogP contribution < -0.4 is 4.74 Å². The van der Waals surface area contributed by atoms with Gasteiger partial charge >= 0.3 is 0 Å². The Kier molecular flexibility index (Phi) is 4.52. The highest BCUT2D eigenvalue weighted by molar-refractivity contribution is 14.1. The number of hydrogen-bond acceptors (Lipinski definition) is 2. The Morgan fingerprint density at radius 1 is 1.26 bits per heavy atom. The van der Waals surface area contributed by atoms with Gasteiger partial charge in [0.1, 0.15) is 11.6 Å². The van der Waals surface area contributed by atoms with E-state index in [1.54, 1.807) is 30.3 Å². The molecule has 0 aliphatic rings. The summed E-state index contributed by atoms with van der Waals surface area (Å²) in [5, 5.41) is 0. The Labute approximate surface area is 124 Å². The van der Waals surface area contributed by atoms with E-state index in [0.717, 1.165) is 3.57 Å². The van der Waals surface area contributed by atoms with Crippen LogP contribution in [0.1, 0.15) is 15.9 Å². The summed E-state index contributed by atoms with van der Waals surface area (Å²) in [6.45, 7) is 0. The Bertz CT molecular complexity index is 611. The van der Waals surface area contributed by atoms with Gasteiger partial charge in [0.2, 0.25) is 0 Å². The number of benzene rings is 2. The fourth-order valence-corrected chi connectivity index (χ4v) is 2.30. The first-order valence-electron chi connectivity index (χ1n) is 5.72. The third-order valence-electron chi connectivity index (χ3n) is 2.77. The first kappa shape index (κ1) is 14.0. The number of ketones is 1. The van der Waals surface area contributed by atoms with E-state index < -0.39 is 0 Å². The van der Waals surface area contributed by atoms with E-state index in [4.69, 9.17) is 4.74 Å². The van der Waals surface area contributed by atoms with E-state index in [1.807, 2.05) is 6.07 Å². The monoisotopic (exact) mass is 370 g/mol. The van der Waals surface area contributed by atoms with Crippen LogP contribution in [0.3, 0.4) is 0 Å². The molecule has 0 saturated carbocycles. The highest BCUT2D eigenvalue weighted by atomic mass is 127. The van der Waals surface area contributed by atoms with Crippen LogP contribution in [0.5, 0.6) is 5.75 Å². The maximum atomic E-state index is 13.5. The van der Waals surface area contributed by atoms with Crippen LogP contribution in [0, 0.1) is 9.39 Å². The van der Waals surface area contributed by atoms with Gasteiger partial charge < -0.3 is 4.74 Å². The van der Waals surface area contributed by atoms with Crippen molar-refractivity contribution in [2.24, 2.45) is 0 Å². The standard InChI is InChI=1S/C15H12FIO2/c1-19-15-7-6-11(17)9-12(15)14(18)8-10-4-2-3-5-13(10)16/h2-7,9H,8H2,1H3.